The minimum absolute atomic E-state index is 0.658. The fourth-order valence-electron chi connectivity index (χ4n) is 1.73. The van der Waals surface area contributed by atoms with E-state index in [1.165, 1.54) is 0 Å². The number of hydrogen-bond donors (Lipinski definition) is 2. The van der Waals surface area contributed by atoms with Gasteiger partial charge in [0.15, 0.2) is 0 Å². The third-order valence-electron chi connectivity index (χ3n) is 2.63. The van der Waals surface area contributed by atoms with Gasteiger partial charge in [-0.25, -0.2) is 4.98 Å². The van der Waals surface area contributed by atoms with Crippen molar-refractivity contribution in [1.82, 2.24) is 4.98 Å². The van der Waals surface area contributed by atoms with Crippen LogP contribution in [0.5, 0.6) is 0 Å². The van der Waals surface area contributed by atoms with Crippen molar-refractivity contribution in [2.45, 2.75) is 0 Å². The molecular formula is C13H10ClN3S. The summed E-state index contributed by atoms with van der Waals surface area (Å²) in [5.41, 5.74) is 11.2. The zero-order valence-electron chi connectivity index (χ0n) is 9.35. The minimum Gasteiger partial charge on any atom is -0.397 e. The topological polar surface area (TPSA) is 50.9 Å². The molecule has 0 radical (unpaired) electrons. The smallest absolute Gasteiger partial charge is 0.0813 e. The molecule has 0 spiro atoms. The number of nitrogen functional groups attached to an aromatic ring is 1. The number of nitrogens with one attached hydrogen (secondary N) is 1. The van der Waals surface area contributed by atoms with Crippen LogP contribution in [-0.2, 0) is 0 Å². The summed E-state index contributed by atoms with van der Waals surface area (Å²) < 4.78 is 1.14. The van der Waals surface area contributed by atoms with E-state index in [4.69, 9.17) is 17.3 Å². The van der Waals surface area contributed by atoms with Crippen LogP contribution in [0.4, 0.5) is 17.1 Å². The van der Waals surface area contributed by atoms with E-state index in [1.54, 1.807) is 23.5 Å². The van der Waals surface area contributed by atoms with E-state index in [0.717, 1.165) is 21.6 Å². The first-order valence-corrected chi connectivity index (χ1v) is 6.63. The Kier molecular flexibility index (Phi) is 2.81. The van der Waals surface area contributed by atoms with Crippen LogP contribution < -0.4 is 11.1 Å². The van der Waals surface area contributed by atoms with Crippen LogP contribution in [-0.4, -0.2) is 4.98 Å². The lowest BCUT2D eigenvalue weighted by Crippen LogP contribution is -1.95. The van der Waals surface area contributed by atoms with Crippen molar-refractivity contribution in [3.63, 3.8) is 0 Å². The van der Waals surface area contributed by atoms with E-state index in [0.29, 0.717) is 10.7 Å². The first-order chi connectivity index (χ1) is 8.72. The van der Waals surface area contributed by atoms with Gasteiger partial charge >= 0.3 is 0 Å². The molecule has 0 amide bonds. The maximum Gasteiger partial charge on any atom is 0.0813 e. The Hall–Kier alpha value is -1.78. The van der Waals surface area contributed by atoms with Gasteiger partial charge in [0.1, 0.15) is 0 Å². The molecule has 90 valence electrons. The molecule has 5 heteroatoms. The van der Waals surface area contributed by atoms with Crippen molar-refractivity contribution in [2.75, 3.05) is 11.1 Å². The number of benzene rings is 2. The van der Waals surface area contributed by atoms with Crippen molar-refractivity contribution in [3.05, 3.63) is 46.9 Å². The first-order valence-electron chi connectivity index (χ1n) is 5.38. The average Bonchev–Trinajstić information content (AvgIpc) is 2.81. The molecule has 2 aromatic carbocycles. The SMILES string of the molecule is Nc1ccc(Cl)cc1Nc1ccc2ncsc2c1. The summed E-state index contributed by atoms with van der Waals surface area (Å²) >= 11 is 7.57. The van der Waals surface area contributed by atoms with Gasteiger partial charge in [-0.3, -0.25) is 0 Å². The Morgan fingerprint density at radius 1 is 1.17 bits per heavy atom. The molecule has 3 N–H and O–H groups in total. The largest absolute Gasteiger partial charge is 0.397 e. The van der Waals surface area contributed by atoms with Gasteiger partial charge in [0, 0.05) is 10.7 Å². The monoisotopic (exact) mass is 275 g/mol. The van der Waals surface area contributed by atoms with E-state index in [2.05, 4.69) is 10.3 Å². The Bertz CT molecular complexity index is 708. The highest BCUT2D eigenvalue weighted by molar-refractivity contribution is 7.16. The van der Waals surface area contributed by atoms with Gasteiger partial charge in [0.2, 0.25) is 0 Å². The number of nitrogens with zero attached hydrogens (tertiary/aromatic N) is 1. The van der Waals surface area contributed by atoms with Gasteiger partial charge in [0.25, 0.3) is 0 Å². The van der Waals surface area contributed by atoms with Crippen molar-refractivity contribution in [1.29, 1.82) is 0 Å². The summed E-state index contributed by atoms with van der Waals surface area (Å²) in [5, 5.41) is 3.92. The number of aromatic nitrogens is 1. The molecule has 0 atom stereocenters. The molecule has 3 rings (SSSR count). The molecule has 18 heavy (non-hydrogen) atoms. The highest BCUT2D eigenvalue weighted by Crippen LogP contribution is 2.28. The van der Waals surface area contributed by atoms with Crippen LogP contribution in [0.25, 0.3) is 10.2 Å². The average molecular weight is 276 g/mol. The van der Waals surface area contributed by atoms with E-state index in [9.17, 15) is 0 Å². The molecule has 1 aromatic heterocycles. The molecule has 3 nitrogen and oxygen atoms in total. The zero-order chi connectivity index (χ0) is 12.5. The van der Waals surface area contributed by atoms with E-state index in [-0.39, 0.29) is 0 Å². The van der Waals surface area contributed by atoms with Gasteiger partial charge in [0.05, 0.1) is 27.1 Å². The fraction of sp³-hybridized carbons (Fsp3) is 0. The van der Waals surface area contributed by atoms with Crippen LogP contribution in [0.3, 0.4) is 0 Å². The maximum atomic E-state index is 5.96. The van der Waals surface area contributed by atoms with Gasteiger partial charge in [-0.1, -0.05) is 11.6 Å². The molecule has 0 bridgehead atoms. The van der Waals surface area contributed by atoms with E-state index in [1.807, 2.05) is 29.8 Å². The van der Waals surface area contributed by atoms with Gasteiger partial charge in [-0.05, 0) is 36.4 Å². The second kappa shape index (κ2) is 4.48. The molecule has 0 aliphatic rings. The predicted molar refractivity (Wildman–Crippen MR) is 78.8 cm³/mol. The summed E-state index contributed by atoms with van der Waals surface area (Å²) in [4.78, 5) is 4.24. The van der Waals surface area contributed by atoms with Crippen LogP contribution in [0.1, 0.15) is 0 Å². The third kappa shape index (κ3) is 2.12. The molecule has 3 aromatic rings. The second-order valence-electron chi connectivity index (χ2n) is 3.89. The summed E-state index contributed by atoms with van der Waals surface area (Å²) in [7, 11) is 0. The van der Waals surface area contributed by atoms with Gasteiger partial charge in [-0.15, -0.1) is 11.3 Å². The summed E-state index contributed by atoms with van der Waals surface area (Å²) in [5.74, 6) is 0. The molecule has 1 heterocycles. The quantitative estimate of drug-likeness (QED) is 0.687. The Balaban J connectivity index is 1.97. The van der Waals surface area contributed by atoms with Crippen molar-refractivity contribution in [2.24, 2.45) is 0 Å². The highest BCUT2D eigenvalue weighted by Gasteiger charge is 2.03. The zero-order valence-corrected chi connectivity index (χ0v) is 10.9. The lowest BCUT2D eigenvalue weighted by molar-refractivity contribution is 1.49. The Labute approximate surface area is 113 Å². The number of hydrogen-bond acceptors (Lipinski definition) is 4. The minimum atomic E-state index is 0.658. The summed E-state index contributed by atoms with van der Waals surface area (Å²) in [6, 6.07) is 11.4. The molecule has 0 saturated carbocycles. The molecule has 0 aliphatic heterocycles. The number of nitrogens with two attached hydrogens (primary N) is 1. The summed E-state index contributed by atoms with van der Waals surface area (Å²) in [6.07, 6.45) is 0. The van der Waals surface area contributed by atoms with Crippen LogP contribution in [0.15, 0.2) is 41.9 Å². The van der Waals surface area contributed by atoms with E-state index < -0.39 is 0 Å². The van der Waals surface area contributed by atoms with Crippen molar-refractivity contribution in [3.8, 4) is 0 Å². The number of anilines is 3. The number of thiazole rings is 1. The third-order valence-corrected chi connectivity index (χ3v) is 3.65. The predicted octanol–water partition coefficient (Wildman–Crippen LogP) is 4.28. The summed E-state index contributed by atoms with van der Waals surface area (Å²) in [6.45, 7) is 0. The fourth-order valence-corrected chi connectivity index (χ4v) is 2.61. The molecule has 0 aliphatic carbocycles. The molecule has 0 saturated heterocycles. The normalized spacial score (nSPS) is 10.7. The van der Waals surface area contributed by atoms with Crippen molar-refractivity contribution >= 4 is 50.2 Å². The number of fused-ring (bicyclic) bond motifs is 1. The highest BCUT2D eigenvalue weighted by atomic mass is 35.5. The molecular weight excluding hydrogens is 266 g/mol. The lowest BCUT2D eigenvalue weighted by atomic mass is 10.2. The van der Waals surface area contributed by atoms with Crippen LogP contribution in [0, 0.1) is 0 Å². The van der Waals surface area contributed by atoms with Crippen LogP contribution in [0.2, 0.25) is 5.02 Å². The Morgan fingerprint density at radius 2 is 2.06 bits per heavy atom. The molecule has 0 fully saturated rings. The molecule has 0 unspecified atom stereocenters. The number of halogens is 1. The van der Waals surface area contributed by atoms with Gasteiger partial charge < -0.3 is 11.1 Å². The van der Waals surface area contributed by atoms with Crippen LogP contribution >= 0.6 is 22.9 Å². The second-order valence-corrected chi connectivity index (χ2v) is 5.21. The standard InChI is InChI=1S/C13H10ClN3S/c14-8-1-3-10(15)12(5-8)17-9-2-4-11-13(6-9)18-7-16-11/h1-7,17H,15H2. The van der Waals surface area contributed by atoms with Crippen molar-refractivity contribution < 1.29 is 0 Å². The van der Waals surface area contributed by atoms with E-state index >= 15 is 0 Å². The Morgan fingerprint density at radius 3 is 2.94 bits per heavy atom. The first kappa shape index (κ1) is 11.3. The maximum absolute atomic E-state index is 5.96. The van der Waals surface area contributed by atoms with Gasteiger partial charge in [-0.2, -0.15) is 0 Å². The lowest BCUT2D eigenvalue weighted by Gasteiger charge is -2.09. The number of rotatable bonds is 2.